The smallest absolute Gasteiger partial charge is 0.312 e. The molecular formula is C14H16N2O3S. The lowest BCUT2D eigenvalue weighted by Crippen LogP contribution is -2.17. The number of aliphatic carboxylic acids is 1. The molecule has 0 saturated carbocycles. The van der Waals surface area contributed by atoms with Crippen molar-refractivity contribution in [1.29, 1.82) is 0 Å². The first-order valence-electron chi connectivity index (χ1n) is 6.67. The summed E-state index contributed by atoms with van der Waals surface area (Å²) in [7, 11) is 0. The van der Waals surface area contributed by atoms with E-state index >= 15 is 0 Å². The molecule has 0 fully saturated rings. The zero-order chi connectivity index (χ0) is 14.1. The van der Waals surface area contributed by atoms with Gasteiger partial charge >= 0.3 is 5.97 Å². The van der Waals surface area contributed by atoms with Crippen LogP contribution in [0.5, 0.6) is 0 Å². The summed E-state index contributed by atoms with van der Waals surface area (Å²) in [4.78, 5) is 16.8. The van der Waals surface area contributed by atoms with Gasteiger partial charge in [-0.05, 0) is 38.3 Å². The fraction of sp³-hybridized carbons (Fsp3) is 0.429. The second kappa shape index (κ2) is 5.28. The monoisotopic (exact) mass is 292 g/mol. The molecule has 0 aliphatic heterocycles. The standard InChI is InChI=1S/C14H16N2O3S/c1-8(10-5-3-7-19-10)15-14-16-12-9(13(17)18)4-2-6-11(12)20-14/h3,5,7-9H,2,4,6H2,1H3,(H,15,16)(H,17,18). The summed E-state index contributed by atoms with van der Waals surface area (Å²) < 4.78 is 5.35. The number of carboxylic acid groups (broad SMARTS) is 1. The van der Waals surface area contributed by atoms with Crippen LogP contribution in [-0.2, 0) is 11.2 Å². The highest BCUT2D eigenvalue weighted by Crippen LogP contribution is 2.37. The highest BCUT2D eigenvalue weighted by atomic mass is 32.1. The van der Waals surface area contributed by atoms with E-state index in [4.69, 9.17) is 4.42 Å². The Bertz CT molecular complexity index is 606. The van der Waals surface area contributed by atoms with Crippen molar-refractivity contribution in [2.75, 3.05) is 5.32 Å². The van der Waals surface area contributed by atoms with Gasteiger partial charge in [-0.25, -0.2) is 4.98 Å². The van der Waals surface area contributed by atoms with E-state index in [1.807, 2.05) is 19.1 Å². The van der Waals surface area contributed by atoms with Crippen molar-refractivity contribution in [3.05, 3.63) is 34.7 Å². The molecule has 1 aliphatic rings. The molecule has 3 rings (SSSR count). The molecule has 106 valence electrons. The number of anilines is 1. The normalized spacial score (nSPS) is 19.4. The van der Waals surface area contributed by atoms with Gasteiger partial charge in [0.2, 0.25) is 0 Å². The van der Waals surface area contributed by atoms with Gasteiger partial charge in [-0.3, -0.25) is 4.79 Å². The largest absolute Gasteiger partial charge is 0.481 e. The van der Waals surface area contributed by atoms with Crippen LogP contribution in [0, 0.1) is 0 Å². The lowest BCUT2D eigenvalue weighted by molar-refractivity contribution is -0.139. The number of nitrogens with one attached hydrogen (secondary N) is 1. The second-order valence-corrected chi connectivity index (χ2v) is 6.08. The van der Waals surface area contributed by atoms with Crippen LogP contribution in [0.2, 0.25) is 0 Å². The van der Waals surface area contributed by atoms with E-state index < -0.39 is 11.9 Å². The summed E-state index contributed by atoms with van der Waals surface area (Å²) in [6, 6.07) is 3.77. The van der Waals surface area contributed by atoms with Gasteiger partial charge in [0, 0.05) is 4.88 Å². The summed E-state index contributed by atoms with van der Waals surface area (Å²) in [6.07, 6.45) is 4.16. The number of nitrogens with zero attached hydrogens (tertiary/aromatic N) is 1. The Morgan fingerprint density at radius 3 is 3.20 bits per heavy atom. The number of rotatable bonds is 4. The number of hydrogen-bond acceptors (Lipinski definition) is 5. The van der Waals surface area contributed by atoms with Crippen molar-refractivity contribution in [3.63, 3.8) is 0 Å². The molecule has 5 nitrogen and oxygen atoms in total. The van der Waals surface area contributed by atoms with Gasteiger partial charge in [-0.15, -0.1) is 11.3 Å². The van der Waals surface area contributed by atoms with Gasteiger partial charge in [-0.1, -0.05) is 0 Å². The van der Waals surface area contributed by atoms with E-state index in [9.17, 15) is 9.90 Å². The van der Waals surface area contributed by atoms with E-state index in [1.165, 1.54) is 0 Å². The number of furan rings is 1. The molecule has 2 aromatic rings. The Balaban J connectivity index is 1.81. The van der Waals surface area contributed by atoms with Crippen LogP contribution in [0.3, 0.4) is 0 Å². The number of fused-ring (bicyclic) bond motifs is 1. The third-order valence-electron chi connectivity index (χ3n) is 3.56. The minimum absolute atomic E-state index is 0.0147. The van der Waals surface area contributed by atoms with Gasteiger partial charge in [0.05, 0.1) is 18.0 Å². The average Bonchev–Trinajstić information content (AvgIpc) is 3.06. The number of aromatic nitrogens is 1. The molecule has 0 amide bonds. The molecular weight excluding hydrogens is 276 g/mol. The summed E-state index contributed by atoms with van der Waals surface area (Å²) in [6.45, 7) is 1.99. The number of hydrogen-bond donors (Lipinski definition) is 2. The maximum absolute atomic E-state index is 11.3. The summed E-state index contributed by atoms with van der Waals surface area (Å²) in [5, 5.41) is 13.3. The van der Waals surface area contributed by atoms with E-state index in [-0.39, 0.29) is 6.04 Å². The third-order valence-corrected chi connectivity index (χ3v) is 4.62. The zero-order valence-electron chi connectivity index (χ0n) is 11.1. The van der Waals surface area contributed by atoms with Crippen molar-refractivity contribution in [2.24, 2.45) is 0 Å². The summed E-state index contributed by atoms with van der Waals surface area (Å²) in [5.41, 5.74) is 0.739. The molecule has 2 N–H and O–H groups in total. The van der Waals surface area contributed by atoms with Gasteiger partial charge in [0.15, 0.2) is 5.13 Å². The molecule has 0 radical (unpaired) electrons. The molecule has 1 aliphatic carbocycles. The number of carboxylic acids is 1. The topological polar surface area (TPSA) is 75.4 Å². The van der Waals surface area contributed by atoms with Gasteiger partial charge in [0.1, 0.15) is 11.7 Å². The van der Waals surface area contributed by atoms with Crippen LogP contribution < -0.4 is 5.32 Å². The Labute approximate surface area is 120 Å². The van der Waals surface area contributed by atoms with E-state index in [1.54, 1.807) is 17.6 Å². The minimum atomic E-state index is -0.776. The van der Waals surface area contributed by atoms with Crippen molar-refractivity contribution in [3.8, 4) is 0 Å². The third kappa shape index (κ3) is 2.43. The second-order valence-electron chi connectivity index (χ2n) is 4.99. The maximum Gasteiger partial charge on any atom is 0.312 e. The Kier molecular flexibility index (Phi) is 3.48. The Morgan fingerprint density at radius 2 is 2.50 bits per heavy atom. The molecule has 0 aromatic carbocycles. The maximum atomic E-state index is 11.3. The predicted octanol–water partition coefficient (Wildman–Crippen LogP) is 3.41. The van der Waals surface area contributed by atoms with Gasteiger partial charge in [0.25, 0.3) is 0 Å². The Hall–Kier alpha value is -1.82. The van der Waals surface area contributed by atoms with Crippen molar-refractivity contribution in [1.82, 2.24) is 4.98 Å². The van der Waals surface area contributed by atoms with Crippen LogP contribution in [0.1, 0.15) is 48.1 Å². The van der Waals surface area contributed by atoms with Crippen LogP contribution in [0.15, 0.2) is 22.8 Å². The first-order chi connectivity index (χ1) is 9.65. The molecule has 0 saturated heterocycles. The lowest BCUT2D eigenvalue weighted by atomic mass is 9.91. The molecule has 2 aromatic heterocycles. The molecule has 2 heterocycles. The quantitative estimate of drug-likeness (QED) is 0.903. The summed E-state index contributed by atoms with van der Waals surface area (Å²) in [5.74, 6) is -0.390. The van der Waals surface area contributed by atoms with Gasteiger partial charge < -0.3 is 14.8 Å². The highest BCUT2D eigenvalue weighted by molar-refractivity contribution is 7.15. The van der Waals surface area contributed by atoms with Gasteiger partial charge in [-0.2, -0.15) is 0 Å². The first-order valence-corrected chi connectivity index (χ1v) is 7.49. The number of aryl methyl sites for hydroxylation is 1. The first kappa shape index (κ1) is 13.2. The minimum Gasteiger partial charge on any atom is -0.481 e. The number of thiazole rings is 1. The van der Waals surface area contributed by atoms with E-state index in [0.29, 0.717) is 6.42 Å². The van der Waals surface area contributed by atoms with Crippen LogP contribution in [0.4, 0.5) is 5.13 Å². The molecule has 20 heavy (non-hydrogen) atoms. The van der Waals surface area contributed by atoms with E-state index in [0.717, 1.165) is 34.3 Å². The fourth-order valence-electron chi connectivity index (χ4n) is 2.51. The highest BCUT2D eigenvalue weighted by Gasteiger charge is 2.30. The zero-order valence-corrected chi connectivity index (χ0v) is 11.9. The van der Waals surface area contributed by atoms with Crippen molar-refractivity contribution >= 4 is 22.4 Å². The molecule has 2 unspecified atom stereocenters. The lowest BCUT2D eigenvalue weighted by Gasteiger charge is -2.16. The fourth-order valence-corrected chi connectivity index (χ4v) is 3.67. The summed E-state index contributed by atoms with van der Waals surface area (Å²) >= 11 is 1.55. The Morgan fingerprint density at radius 1 is 1.65 bits per heavy atom. The number of carbonyl (C=O) groups is 1. The predicted molar refractivity (Wildman–Crippen MR) is 76.2 cm³/mol. The molecule has 2 atom stereocenters. The molecule has 6 heteroatoms. The molecule has 0 spiro atoms. The molecule has 0 bridgehead atoms. The van der Waals surface area contributed by atoms with Crippen LogP contribution >= 0.6 is 11.3 Å². The van der Waals surface area contributed by atoms with Crippen molar-refractivity contribution in [2.45, 2.75) is 38.1 Å². The SMILES string of the molecule is CC(Nc1nc2c(s1)CCCC2C(=O)O)c1ccco1. The van der Waals surface area contributed by atoms with Crippen LogP contribution in [-0.4, -0.2) is 16.1 Å². The average molecular weight is 292 g/mol. The van der Waals surface area contributed by atoms with Crippen molar-refractivity contribution < 1.29 is 14.3 Å². The van der Waals surface area contributed by atoms with E-state index in [2.05, 4.69) is 10.3 Å². The van der Waals surface area contributed by atoms with Crippen LogP contribution in [0.25, 0.3) is 0 Å².